The van der Waals surface area contributed by atoms with Crippen LogP contribution in [-0.4, -0.2) is 23.5 Å². The van der Waals surface area contributed by atoms with E-state index in [0.717, 1.165) is 20.1 Å². The normalized spacial score (nSPS) is 10.1. The molecule has 2 rings (SSSR count). The molecule has 9 heteroatoms. The third kappa shape index (κ3) is 6.60. The van der Waals surface area contributed by atoms with Crippen molar-refractivity contribution in [3.05, 3.63) is 62.0 Å². The molecule has 0 aliphatic rings. The van der Waals surface area contributed by atoms with Gasteiger partial charge in [-0.2, -0.15) is 0 Å². The van der Waals surface area contributed by atoms with Crippen LogP contribution in [0.15, 0.2) is 45.3 Å². The van der Waals surface area contributed by atoms with Crippen LogP contribution in [0.5, 0.6) is 5.75 Å². The molecule has 0 heterocycles. The van der Waals surface area contributed by atoms with E-state index >= 15 is 0 Å². The van der Waals surface area contributed by atoms with Crippen molar-refractivity contribution >= 4 is 61.0 Å². The number of ether oxygens (including phenoxy) is 1. The lowest BCUT2D eigenvalue weighted by molar-refractivity contribution is -0.123. The average Bonchev–Trinajstić information content (AvgIpc) is 2.59. The lowest BCUT2D eigenvalue weighted by Crippen LogP contribution is -2.49. The van der Waals surface area contributed by atoms with Crippen LogP contribution in [0.1, 0.15) is 21.5 Å². The Balaban J connectivity index is 1.80. The molecule has 2 amide bonds. The lowest BCUT2D eigenvalue weighted by atomic mass is 10.1. The Morgan fingerprint density at radius 1 is 1.11 bits per heavy atom. The summed E-state index contributed by atoms with van der Waals surface area (Å²) in [6.45, 7) is 3.54. The van der Waals surface area contributed by atoms with E-state index in [-0.39, 0.29) is 17.6 Å². The highest BCUT2D eigenvalue weighted by molar-refractivity contribution is 9.11. The highest BCUT2D eigenvalue weighted by Gasteiger charge is 2.11. The first-order valence-electron chi connectivity index (χ1n) is 7.81. The largest absolute Gasteiger partial charge is 0.482 e. The molecule has 6 nitrogen and oxygen atoms in total. The Hall–Kier alpha value is -1.97. The molecular formula is C18H17Br2N3O3S. The van der Waals surface area contributed by atoms with Crippen molar-refractivity contribution in [1.82, 2.24) is 16.2 Å². The highest BCUT2D eigenvalue weighted by atomic mass is 79.9. The Morgan fingerprint density at radius 2 is 1.85 bits per heavy atom. The second kappa shape index (κ2) is 9.82. The first-order valence-corrected chi connectivity index (χ1v) is 9.81. The van der Waals surface area contributed by atoms with E-state index in [2.05, 4.69) is 48.0 Å². The Labute approximate surface area is 179 Å². The third-order valence-corrected chi connectivity index (χ3v) is 4.62. The number of carbonyl (C=O) groups excluding carboxylic acids is 2. The number of hydrazine groups is 1. The summed E-state index contributed by atoms with van der Waals surface area (Å²) >= 11 is 11.8. The van der Waals surface area contributed by atoms with Gasteiger partial charge in [0, 0.05) is 10.0 Å². The van der Waals surface area contributed by atoms with Crippen LogP contribution in [0.2, 0.25) is 0 Å². The van der Waals surface area contributed by atoms with Gasteiger partial charge in [0.15, 0.2) is 11.7 Å². The summed E-state index contributed by atoms with van der Waals surface area (Å²) in [5, 5.41) is 2.47. The summed E-state index contributed by atoms with van der Waals surface area (Å²) in [4.78, 5) is 24.0. The SMILES string of the molecule is Cc1cccc(C(=O)NC(=S)NNC(=O)COc2c(C)cc(Br)cc2Br)c1. The fourth-order valence-corrected chi connectivity index (χ4v) is 3.86. The van der Waals surface area contributed by atoms with E-state index in [9.17, 15) is 9.59 Å². The highest BCUT2D eigenvalue weighted by Crippen LogP contribution is 2.32. The van der Waals surface area contributed by atoms with Gasteiger partial charge in [-0.3, -0.25) is 25.8 Å². The molecule has 0 aliphatic heterocycles. The van der Waals surface area contributed by atoms with E-state index < -0.39 is 5.91 Å². The number of benzene rings is 2. The maximum atomic E-state index is 12.1. The number of amides is 2. The Kier molecular flexibility index (Phi) is 7.76. The minimum absolute atomic E-state index is 0.0177. The monoisotopic (exact) mass is 513 g/mol. The molecule has 27 heavy (non-hydrogen) atoms. The van der Waals surface area contributed by atoms with Crippen LogP contribution in [0.3, 0.4) is 0 Å². The van der Waals surface area contributed by atoms with Crippen molar-refractivity contribution in [3.8, 4) is 5.75 Å². The van der Waals surface area contributed by atoms with Crippen LogP contribution >= 0.6 is 44.1 Å². The van der Waals surface area contributed by atoms with Gasteiger partial charge in [0.25, 0.3) is 11.8 Å². The number of nitrogens with one attached hydrogen (secondary N) is 3. The van der Waals surface area contributed by atoms with Crippen molar-refractivity contribution in [2.75, 3.05) is 6.61 Å². The molecule has 0 saturated heterocycles. The predicted molar refractivity (Wildman–Crippen MR) is 115 cm³/mol. The molecule has 2 aromatic rings. The zero-order chi connectivity index (χ0) is 20.0. The average molecular weight is 515 g/mol. The fourth-order valence-electron chi connectivity index (χ4n) is 2.16. The molecule has 142 valence electrons. The minimum Gasteiger partial charge on any atom is -0.482 e. The molecule has 0 bridgehead atoms. The molecule has 0 saturated carbocycles. The zero-order valence-electron chi connectivity index (χ0n) is 14.6. The van der Waals surface area contributed by atoms with Gasteiger partial charge < -0.3 is 4.74 Å². The lowest BCUT2D eigenvalue weighted by Gasteiger charge is -2.13. The van der Waals surface area contributed by atoms with Gasteiger partial charge in [0.05, 0.1) is 4.47 Å². The van der Waals surface area contributed by atoms with E-state index in [1.807, 2.05) is 32.0 Å². The van der Waals surface area contributed by atoms with E-state index in [0.29, 0.717) is 11.3 Å². The summed E-state index contributed by atoms with van der Waals surface area (Å²) in [5.41, 5.74) is 7.16. The molecule has 0 unspecified atom stereocenters. The first-order chi connectivity index (χ1) is 12.8. The number of carbonyl (C=O) groups is 2. The van der Waals surface area contributed by atoms with Gasteiger partial charge >= 0.3 is 0 Å². The number of halogens is 2. The van der Waals surface area contributed by atoms with Crippen molar-refractivity contribution in [2.45, 2.75) is 13.8 Å². The maximum Gasteiger partial charge on any atom is 0.276 e. The van der Waals surface area contributed by atoms with Crippen molar-refractivity contribution in [3.63, 3.8) is 0 Å². The third-order valence-electron chi connectivity index (χ3n) is 3.36. The van der Waals surface area contributed by atoms with Gasteiger partial charge in [0.2, 0.25) is 0 Å². The smallest absolute Gasteiger partial charge is 0.276 e. The van der Waals surface area contributed by atoms with Gasteiger partial charge in [-0.1, -0.05) is 33.6 Å². The van der Waals surface area contributed by atoms with Crippen LogP contribution in [0.25, 0.3) is 0 Å². The zero-order valence-corrected chi connectivity index (χ0v) is 18.5. The van der Waals surface area contributed by atoms with Gasteiger partial charge in [0.1, 0.15) is 5.75 Å². The molecule has 0 radical (unpaired) electrons. The molecular weight excluding hydrogens is 498 g/mol. The molecule has 0 fully saturated rings. The molecule has 2 aromatic carbocycles. The summed E-state index contributed by atoms with van der Waals surface area (Å²) < 4.78 is 7.17. The molecule has 0 atom stereocenters. The standard InChI is InChI=1S/C18H17Br2N3O3S/c1-10-4-3-5-12(6-10)17(25)21-18(27)23-22-15(24)9-26-16-11(2)7-13(19)8-14(16)20/h3-8H,9H2,1-2H3,(H,22,24)(H2,21,23,25,27). The van der Waals surface area contributed by atoms with Crippen molar-refractivity contribution in [1.29, 1.82) is 0 Å². The number of rotatable bonds is 4. The van der Waals surface area contributed by atoms with Crippen molar-refractivity contribution in [2.24, 2.45) is 0 Å². The molecule has 0 aromatic heterocycles. The second-order valence-corrected chi connectivity index (χ2v) is 7.83. The predicted octanol–water partition coefficient (Wildman–Crippen LogP) is 3.54. The van der Waals surface area contributed by atoms with Crippen LogP contribution in [-0.2, 0) is 4.79 Å². The molecule has 0 spiro atoms. The number of aryl methyl sites for hydroxylation is 2. The fraction of sp³-hybridized carbons (Fsp3) is 0.167. The summed E-state index contributed by atoms with van der Waals surface area (Å²) in [5.74, 6) is -0.240. The number of thiocarbonyl (C=S) groups is 1. The van der Waals surface area contributed by atoms with Crippen LogP contribution in [0, 0.1) is 13.8 Å². The number of hydrogen-bond acceptors (Lipinski definition) is 4. The Morgan fingerprint density at radius 3 is 2.52 bits per heavy atom. The summed E-state index contributed by atoms with van der Waals surface area (Å²) in [7, 11) is 0. The van der Waals surface area contributed by atoms with Gasteiger partial charge in [-0.05, 0) is 71.8 Å². The second-order valence-electron chi connectivity index (χ2n) is 5.65. The van der Waals surface area contributed by atoms with Gasteiger partial charge in [-0.15, -0.1) is 0 Å². The molecule has 0 aliphatic carbocycles. The van der Waals surface area contributed by atoms with Crippen LogP contribution < -0.4 is 20.9 Å². The first kappa shape index (κ1) is 21.3. The van der Waals surface area contributed by atoms with E-state index in [1.165, 1.54) is 0 Å². The minimum atomic E-state index is -0.448. The summed E-state index contributed by atoms with van der Waals surface area (Å²) in [6, 6.07) is 10.8. The van der Waals surface area contributed by atoms with E-state index in [4.69, 9.17) is 17.0 Å². The van der Waals surface area contributed by atoms with E-state index in [1.54, 1.807) is 18.2 Å². The quantitative estimate of drug-likeness (QED) is 0.429. The Bertz CT molecular complexity index is 867. The summed E-state index contributed by atoms with van der Waals surface area (Å²) in [6.07, 6.45) is 0. The van der Waals surface area contributed by atoms with Crippen LogP contribution in [0.4, 0.5) is 0 Å². The molecule has 3 N–H and O–H groups in total. The maximum absolute atomic E-state index is 12.1. The topological polar surface area (TPSA) is 79.5 Å². The van der Waals surface area contributed by atoms with Gasteiger partial charge in [-0.25, -0.2) is 0 Å². The van der Waals surface area contributed by atoms with Crippen molar-refractivity contribution < 1.29 is 14.3 Å². The number of hydrogen-bond donors (Lipinski definition) is 3.